The monoisotopic (exact) mass is 467 g/mol. The van der Waals surface area contributed by atoms with Gasteiger partial charge in [0.05, 0.1) is 5.52 Å². The average Bonchev–Trinajstić information content (AvgIpc) is 3.23. The number of fused-ring (bicyclic) bond motifs is 3. The zero-order valence-corrected chi connectivity index (χ0v) is 18.1. The number of H-pyrrole nitrogens is 1. The van der Waals surface area contributed by atoms with E-state index in [9.17, 15) is 18.4 Å². The number of amides is 1. The summed E-state index contributed by atoms with van der Waals surface area (Å²) in [5, 5.41) is 2.48. The molecule has 0 saturated carbocycles. The van der Waals surface area contributed by atoms with E-state index in [1.165, 1.54) is 29.9 Å². The molecule has 1 aliphatic rings. The van der Waals surface area contributed by atoms with Crippen molar-refractivity contribution in [3.05, 3.63) is 87.6 Å². The van der Waals surface area contributed by atoms with Crippen LogP contribution in [0.5, 0.6) is 0 Å². The predicted molar refractivity (Wildman–Crippen MR) is 121 cm³/mol. The summed E-state index contributed by atoms with van der Waals surface area (Å²) in [4.78, 5) is 32.1. The number of hydrogen-bond acceptors (Lipinski definition) is 4. The molecule has 4 heterocycles. The Bertz CT molecular complexity index is 1510. The first-order valence-electron chi connectivity index (χ1n) is 10.6. The van der Waals surface area contributed by atoms with Crippen molar-refractivity contribution < 1.29 is 18.0 Å². The van der Waals surface area contributed by atoms with E-state index in [1.807, 2.05) is 0 Å². The Morgan fingerprint density at radius 3 is 2.76 bits per heavy atom. The molecule has 0 fully saturated rings. The summed E-state index contributed by atoms with van der Waals surface area (Å²) >= 11 is 0. The number of pyridine rings is 1. The molecular formula is C24H20F3N5O2. The van der Waals surface area contributed by atoms with Crippen molar-refractivity contribution in [1.29, 1.82) is 0 Å². The first kappa shape index (κ1) is 21.9. The quantitative estimate of drug-likeness (QED) is 0.484. The lowest BCUT2D eigenvalue weighted by atomic mass is 9.98. The third kappa shape index (κ3) is 3.65. The normalized spacial score (nSPS) is 16.7. The van der Waals surface area contributed by atoms with Crippen LogP contribution in [0.2, 0.25) is 0 Å². The highest BCUT2D eigenvalue weighted by atomic mass is 19.1. The van der Waals surface area contributed by atoms with Gasteiger partial charge in [-0.1, -0.05) is 18.2 Å². The largest absolute Gasteiger partial charge is 0.354 e. The molecule has 0 radical (unpaired) electrons. The second-order valence-electron chi connectivity index (χ2n) is 8.10. The minimum absolute atomic E-state index is 0.0297. The smallest absolute Gasteiger partial charge is 0.275 e. The Morgan fingerprint density at radius 1 is 1.24 bits per heavy atom. The van der Waals surface area contributed by atoms with E-state index in [0.29, 0.717) is 23.2 Å². The minimum Gasteiger partial charge on any atom is -0.354 e. The number of rotatable bonds is 4. The lowest BCUT2D eigenvalue weighted by Gasteiger charge is -2.29. The van der Waals surface area contributed by atoms with Gasteiger partial charge in [0.25, 0.3) is 11.5 Å². The highest BCUT2D eigenvalue weighted by Crippen LogP contribution is 2.27. The van der Waals surface area contributed by atoms with Crippen molar-refractivity contribution in [2.24, 2.45) is 0 Å². The molecule has 0 spiro atoms. The first-order valence-corrected chi connectivity index (χ1v) is 10.6. The summed E-state index contributed by atoms with van der Waals surface area (Å²) in [6.07, 6.45) is 3.23. The van der Waals surface area contributed by atoms with Gasteiger partial charge in [-0.15, -0.1) is 0 Å². The molecule has 7 nitrogen and oxygen atoms in total. The maximum Gasteiger partial charge on any atom is 0.275 e. The van der Waals surface area contributed by atoms with E-state index in [-0.39, 0.29) is 41.3 Å². The van der Waals surface area contributed by atoms with Gasteiger partial charge in [0.1, 0.15) is 22.9 Å². The predicted octanol–water partition coefficient (Wildman–Crippen LogP) is 3.05. The van der Waals surface area contributed by atoms with Gasteiger partial charge in [0.2, 0.25) is 0 Å². The van der Waals surface area contributed by atoms with E-state index in [1.54, 1.807) is 29.2 Å². The molecule has 10 heteroatoms. The van der Waals surface area contributed by atoms with Crippen molar-refractivity contribution in [3.63, 3.8) is 0 Å². The molecule has 1 amide bonds. The maximum atomic E-state index is 15.3. The first-order chi connectivity index (χ1) is 16.4. The summed E-state index contributed by atoms with van der Waals surface area (Å²) in [5.41, 5.74) is 0.975. The summed E-state index contributed by atoms with van der Waals surface area (Å²) in [5.74, 6) is -1.64. The molecule has 1 atom stereocenters. The van der Waals surface area contributed by atoms with E-state index in [4.69, 9.17) is 0 Å². The van der Waals surface area contributed by atoms with Crippen LogP contribution in [0.25, 0.3) is 22.1 Å². The van der Waals surface area contributed by atoms with Gasteiger partial charge in [0, 0.05) is 44.6 Å². The fraction of sp³-hybridized carbons (Fsp3) is 0.208. The second kappa shape index (κ2) is 8.45. The van der Waals surface area contributed by atoms with Crippen LogP contribution in [0.1, 0.15) is 21.6 Å². The molecule has 4 aromatic rings. The highest BCUT2D eigenvalue weighted by molar-refractivity contribution is 5.92. The number of nitrogens with zero attached hydrogens (tertiary/aromatic N) is 3. The Hall–Kier alpha value is -3.92. The van der Waals surface area contributed by atoms with Crippen molar-refractivity contribution >= 4 is 28.0 Å². The van der Waals surface area contributed by atoms with Crippen LogP contribution < -0.4 is 10.9 Å². The van der Waals surface area contributed by atoms with Gasteiger partial charge in [-0.25, -0.2) is 13.2 Å². The van der Waals surface area contributed by atoms with Gasteiger partial charge in [0.15, 0.2) is 11.6 Å². The standard InChI is InChI=1S/C24H20F3N5O2/c1-28-23(33)18-4-2-13(10-29-18)15-6-8-31(12-17(15)26)11-14-3-5-19-21(20(14)27)30-24(34)22-16(25)7-9-32(19)22/h2-7,9-10,17H,8,11-12H2,1H3,(H,28,33)(H,30,34). The van der Waals surface area contributed by atoms with Crippen LogP contribution in [0.3, 0.4) is 0 Å². The summed E-state index contributed by atoms with van der Waals surface area (Å²) < 4.78 is 45.4. The third-order valence-electron chi connectivity index (χ3n) is 6.03. The molecule has 1 aromatic carbocycles. The number of halogens is 3. The zero-order chi connectivity index (χ0) is 24.0. The van der Waals surface area contributed by atoms with Crippen LogP contribution in [-0.2, 0) is 6.54 Å². The minimum atomic E-state index is -1.33. The van der Waals surface area contributed by atoms with Gasteiger partial charge in [-0.05, 0) is 29.3 Å². The summed E-state index contributed by atoms with van der Waals surface area (Å²) in [6.45, 7) is 0.543. The van der Waals surface area contributed by atoms with Gasteiger partial charge >= 0.3 is 0 Å². The lowest BCUT2D eigenvalue weighted by Crippen LogP contribution is -2.35. The number of aromatic amines is 1. The Balaban J connectivity index is 1.39. The molecule has 0 aliphatic carbocycles. The Morgan fingerprint density at radius 2 is 2.06 bits per heavy atom. The van der Waals surface area contributed by atoms with E-state index in [2.05, 4.69) is 15.3 Å². The Labute approximate surface area is 191 Å². The molecule has 0 saturated heterocycles. The number of alkyl halides is 1. The summed E-state index contributed by atoms with van der Waals surface area (Å²) in [6, 6.07) is 7.49. The van der Waals surface area contributed by atoms with Crippen molar-refractivity contribution in [2.75, 3.05) is 20.1 Å². The highest BCUT2D eigenvalue weighted by Gasteiger charge is 2.25. The van der Waals surface area contributed by atoms with Crippen molar-refractivity contribution in [1.82, 2.24) is 24.6 Å². The molecule has 34 heavy (non-hydrogen) atoms. The molecule has 3 aromatic heterocycles. The number of benzene rings is 1. The number of carbonyl (C=O) groups excluding carboxylic acids is 1. The van der Waals surface area contributed by atoms with Crippen LogP contribution in [0.15, 0.2) is 53.6 Å². The van der Waals surface area contributed by atoms with Crippen LogP contribution >= 0.6 is 0 Å². The molecular weight excluding hydrogens is 447 g/mol. The van der Waals surface area contributed by atoms with Crippen molar-refractivity contribution in [2.45, 2.75) is 12.7 Å². The van der Waals surface area contributed by atoms with E-state index < -0.39 is 23.4 Å². The van der Waals surface area contributed by atoms with Gasteiger partial charge < -0.3 is 14.7 Å². The van der Waals surface area contributed by atoms with Crippen molar-refractivity contribution in [3.8, 4) is 0 Å². The van der Waals surface area contributed by atoms with Gasteiger partial charge in [-0.2, -0.15) is 0 Å². The topological polar surface area (TPSA) is 82.5 Å². The van der Waals surface area contributed by atoms with Crippen LogP contribution in [0.4, 0.5) is 13.2 Å². The zero-order valence-electron chi connectivity index (χ0n) is 18.1. The van der Waals surface area contributed by atoms with Crippen LogP contribution in [-0.4, -0.2) is 51.5 Å². The van der Waals surface area contributed by atoms with E-state index in [0.717, 1.165) is 6.07 Å². The fourth-order valence-electron chi connectivity index (χ4n) is 4.30. The lowest BCUT2D eigenvalue weighted by molar-refractivity contribution is 0.0958. The number of carbonyl (C=O) groups is 1. The molecule has 174 valence electrons. The molecule has 0 bridgehead atoms. The third-order valence-corrected chi connectivity index (χ3v) is 6.03. The fourth-order valence-corrected chi connectivity index (χ4v) is 4.30. The average molecular weight is 467 g/mol. The second-order valence-corrected chi connectivity index (χ2v) is 8.10. The molecule has 1 aliphatic heterocycles. The molecule has 1 unspecified atom stereocenters. The Kier molecular flexibility index (Phi) is 5.45. The summed E-state index contributed by atoms with van der Waals surface area (Å²) in [7, 11) is 1.50. The van der Waals surface area contributed by atoms with Crippen LogP contribution in [0, 0.1) is 11.6 Å². The van der Waals surface area contributed by atoms with E-state index >= 15 is 4.39 Å². The maximum absolute atomic E-state index is 15.3. The molecule has 2 N–H and O–H groups in total. The number of aromatic nitrogens is 3. The SMILES string of the molecule is CNC(=O)c1ccc(C2=CCN(Cc3ccc4c([nH]c(=O)c5c(F)ccn54)c3F)CC2F)cn1. The van der Waals surface area contributed by atoms with Gasteiger partial charge in [-0.3, -0.25) is 19.5 Å². The number of nitrogens with one attached hydrogen (secondary N) is 2. The molecule has 5 rings (SSSR count). The number of hydrogen-bond donors (Lipinski definition) is 2.